The van der Waals surface area contributed by atoms with Crippen LogP contribution in [0.15, 0.2) is 24.3 Å². The molecule has 124 valence electrons. The number of ketones is 1. The van der Waals surface area contributed by atoms with Crippen molar-refractivity contribution in [2.75, 3.05) is 11.9 Å². The molecule has 1 heterocycles. The Morgan fingerprint density at radius 3 is 2.65 bits per heavy atom. The summed E-state index contributed by atoms with van der Waals surface area (Å²) in [6.45, 7) is 5.82. The van der Waals surface area contributed by atoms with Crippen molar-refractivity contribution < 1.29 is 14.4 Å². The Balaban J connectivity index is 2.06. The molecular weight excluding hydrogens is 294 g/mol. The molecule has 1 fully saturated rings. The topological polar surface area (TPSA) is 78.5 Å². The van der Waals surface area contributed by atoms with Crippen molar-refractivity contribution in [3.05, 3.63) is 29.8 Å². The molecule has 0 unspecified atom stereocenters. The van der Waals surface area contributed by atoms with Gasteiger partial charge in [-0.3, -0.25) is 9.59 Å². The van der Waals surface area contributed by atoms with Gasteiger partial charge in [0.15, 0.2) is 5.78 Å². The number of urea groups is 1. The summed E-state index contributed by atoms with van der Waals surface area (Å²) >= 11 is 0. The summed E-state index contributed by atoms with van der Waals surface area (Å²) in [5, 5.41) is 5.62. The highest BCUT2D eigenvalue weighted by Crippen LogP contribution is 2.20. The van der Waals surface area contributed by atoms with Gasteiger partial charge < -0.3 is 15.5 Å². The lowest BCUT2D eigenvalue weighted by atomic mass is 10.1. The van der Waals surface area contributed by atoms with Crippen LogP contribution in [0.2, 0.25) is 0 Å². The zero-order chi connectivity index (χ0) is 17.0. The molecule has 1 atom stereocenters. The van der Waals surface area contributed by atoms with E-state index in [0.717, 1.165) is 6.42 Å². The highest BCUT2D eigenvalue weighted by molar-refractivity contribution is 5.97. The molecule has 1 aliphatic heterocycles. The summed E-state index contributed by atoms with van der Waals surface area (Å²) < 4.78 is 0. The number of hydrogen-bond acceptors (Lipinski definition) is 3. The van der Waals surface area contributed by atoms with Crippen LogP contribution >= 0.6 is 0 Å². The Morgan fingerprint density at radius 1 is 1.26 bits per heavy atom. The fraction of sp³-hybridized carbons (Fsp3) is 0.471. The molecule has 0 aliphatic carbocycles. The Labute approximate surface area is 136 Å². The number of rotatable bonds is 4. The van der Waals surface area contributed by atoms with Gasteiger partial charge in [0.25, 0.3) is 0 Å². The molecule has 0 spiro atoms. The van der Waals surface area contributed by atoms with Crippen molar-refractivity contribution in [1.82, 2.24) is 10.2 Å². The number of amides is 3. The normalized spacial score (nSPS) is 17.2. The Morgan fingerprint density at radius 2 is 2.00 bits per heavy atom. The van der Waals surface area contributed by atoms with Gasteiger partial charge in [-0.05, 0) is 45.7 Å². The van der Waals surface area contributed by atoms with E-state index in [-0.39, 0.29) is 23.8 Å². The predicted octanol–water partition coefficient (Wildman–Crippen LogP) is 2.41. The van der Waals surface area contributed by atoms with Crippen LogP contribution < -0.4 is 10.6 Å². The summed E-state index contributed by atoms with van der Waals surface area (Å²) in [6.07, 6.45) is 1.47. The Hall–Kier alpha value is -2.37. The van der Waals surface area contributed by atoms with E-state index in [1.165, 1.54) is 6.92 Å². The van der Waals surface area contributed by atoms with E-state index in [1.54, 1.807) is 29.2 Å². The molecule has 0 aromatic heterocycles. The first kappa shape index (κ1) is 17.0. The number of nitrogens with zero attached hydrogens (tertiary/aromatic N) is 1. The summed E-state index contributed by atoms with van der Waals surface area (Å²) in [4.78, 5) is 37.6. The Kier molecular flexibility index (Phi) is 5.36. The molecular formula is C17H23N3O3. The minimum Gasteiger partial charge on any atom is -0.352 e. The van der Waals surface area contributed by atoms with Gasteiger partial charge in [0.05, 0.1) is 0 Å². The van der Waals surface area contributed by atoms with Gasteiger partial charge in [-0.25, -0.2) is 4.79 Å². The van der Waals surface area contributed by atoms with Crippen LogP contribution in [0, 0.1) is 0 Å². The third-order valence-corrected chi connectivity index (χ3v) is 3.77. The molecule has 0 saturated carbocycles. The van der Waals surface area contributed by atoms with E-state index in [4.69, 9.17) is 0 Å². The molecule has 0 bridgehead atoms. The van der Waals surface area contributed by atoms with Gasteiger partial charge >= 0.3 is 6.03 Å². The fourth-order valence-electron chi connectivity index (χ4n) is 2.67. The zero-order valence-electron chi connectivity index (χ0n) is 13.8. The lowest BCUT2D eigenvalue weighted by Gasteiger charge is -2.25. The fourth-order valence-corrected chi connectivity index (χ4v) is 2.67. The number of carbonyl (C=O) groups excluding carboxylic acids is 3. The molecule has 3 amide bonds. The van der Waals surface area contributed by atoms with Gasteiger partial charge in [-0.2, -0.15) is 0 Å². The van der Waals surface area contributed by atoms with Crippen LogP contribution in [0.25, 0.3) is 0 Å². The first-order chi connectivity index (χ1) is 10.9. The second-order valence-corrected chi connectivity index (χ2v) is 6.08. The van der Waals surface area contributed by atoms with E-state index >= 15 is 0 Å². The van der Waals surface area contributed by atoms with Crippen molar-refractivity contribution in [1.29, 1.82) is 0 Å². The van der Waals surface area contributed by atoms with E-state index in [0.29, 0.717) is 24.2 Å². The SMILES string of the molecule is CC(=O)c1cccc(NC(=O)N2CCC[C@H]2C(=O)NC(C)C)c1. The van der Waals surface area contributed by atoms with E-state index in [9.17, 15) is 14.4 Å². The zero-order valence-corrected chi connectivity index (χ0v) is 13.8. The lowest BCUT2D eigenvalue weighted by molar-refractivity contribution is -0.125. The lowest BCUT2D eigenvalue weighted by Crippen LogP contribution is -2.48. The molecule has 6 heteroatoms. The molecule has 0 radical (unpaired) electrons. The molecule has 1 saturated heterocycles. The summed E-state index contributed by atoms with van der Waals surface area (Å²) in [7, 11) is 0. The highest BCUT2D eigenvalue weighted by atomic mass is 16.2. The van der Waals surface area contributed by atoms with Crippen molar-refractivity contribution in [3.63, 3.8) is 0 Å². The van der Waals surface area contributed by atoms with Crippen LogP contribution in [0.4, 0.5) is 10.5 Å². The Bertz CT molecular complexity index is 613. The van der Waals surface area contributed by atoms with E-state index in [2.05, 4.69) is 10.6 Å². The number of benzene rings is 1. The average Bonchev–Trinajstić information content (AvgIpc) is 2.96. The minimum absolute atomic E-state index is 0.0419. The second-order valence-electron chi connectivity index (χ2n) is 6.08. The second kappa shape index (κ2) is 7.26. The largest absolute Gasteiger partial charge is 0.352 e. The van der Waals surface area contributed by atoms with Crippen LogP contribution in [0.3, 0.4) is 0 Å². The summed E-state index contributed by atoms with van der Waals surface area (Å²) in [5.41, 5.74) is 1.09. The van der Waals surface area contributed by atoms with Crippen molar-refractivity contribution in [2.45, 2.75) is 45.7 Å². The third kappa shape index (κ3) is 4.31. The van der Waals surface area contributed by atoms with Crippen LogP contribution in [-0.2, 0) is 4.79 Å². The molecule has 23 heavy (non-hydrogen) atoms. The van der Waals surface area contributed by atoms with Gasteiger partial charge in [0, 0.05) is 23.8 Å². The molecule has 2 N–H and O–H groups in total. The number of likely N-dealkylation sites (tertiary alicyclic amines) is 1. The van der Waals surface area contributed by atoms with Crippen LogP contribution in [0.1, 0.15) is 44.0 Å². The van der Waals surface area contributed by atoms with Crippen LogP contribution in [0.5, 0.6) is 0 Å². The number of Topliss-reactive ketones (excluding diaryl/α,β-unsaturated/α-hetero) is 1. The average molecular weight is 317 g/mol. The number of anilines is 1. The van der Waals surface area contributed by atoms with Gasteiger partial charge in [0.2, 0.25) is 5.91 Å². The van der Waals surface area contributed by atoms with Gasteiger partial charge in [0.1, 0.15) is 6.04 Å². The number of nitrogens with one attached hydrogen (secondary N) is 2. The maximum absolute atomic E-state index is 12.4. The first-order valence-corrected chi connectivity index (χ1v) is 7.87. The molecule has 1 aliphatic rings. The van der Waals surface area contributed by atoms with E-state index < -0.39 is 6.04 Å². The standard InChI is InChI=1S/C17H23N3O3/c1-11(2)18-16(22)15-8-5-9-20(15)17(23)19-14-7-4-6-13(10-14)12(3)21/h4,6-7,10-11,15H,5,8-9H2,1-3H3,(H,18,22)(H,19,23)/t15-/m0/s1. The third-order valence-electron chi connectivity index (χ3n) is 3.77. The molecule has 1 aromatic carbocycles. The van der Waals surface area contributed by atoms with Crippen LogP contribution in [-0.4, -0.2) is 41.2 Å². The first-order valence-electron chi connectivity index (χ1n) is 7.87. The van der Waals surface area contributed by atoms with Gasteiger partial charge in [-0.1, -0.05) is 12.1 Å². The van der Waals surface area contributed by atoms with Crippen molar-refractivity contribution >= 4 is 23.4 Å². The summed E-state index contributed by atoms with van der Waals surface area (Å²) in [5.74, 6) is -0.179. The van der Waals surface area contributed by atoms with Gasteiger partial charge in [-0.15, -0.1) is 0 Å². The monoisotopic (exact) mass is 317 g/mol. The molecule has 2 rings (SSSR count). The number of hydrogen-bond donors (Lipinski definition) is 2. The predicted molar refractivity (Wildman–Crippen MR) is 88.5 cm³/mol. The number of carbonyl (C=O) groups is 3. The minimum atomic E-state index is -0.437. The van der Waals surface area contributed by atoms with Crippen molar-refractivity contribution in [3.8, 4) is 0 Å². The highest BCUT2D eigenvalue weighted by Gasteiger charge is 2.34. The van der Waals surface area contributed by atoms with Crippen molar-refractivity contribution in [2.24, 2.45) is 0 Å². The van der Waals surface area contributed by atoms with E-state index in [1.807, 2.05) is 13.8 Å². The maximum Gasteiger partial charge on any atom is 0.322 e. The quantitative estimate of drug-likeness (QED) is 0.837. The maximum atomic E-state index is 12.4. The molecule has 6 nitrogen and oxygen atoms in total. The molecule has 1 aromatic rings. The summed E-state index contributed by atoms with van der Waals surface area (Å²) in [6, 6.07) is 6.08. The smallest absolute Gasteiger partial charge is 0.322 e.